The van der Waals surface area contributed by atoms with Crippen LogP contribution in [-0.2, 0) is 21.0 Å². The van der Waals surface area contributed by atoms with Gasteiger partial charge in [0.2, 0.25) is 12.6 Å². The van der Waals surface area contributed by atoms with Crippen LogP contribution in [-0.4, -0.2) is 47.6 Å². The molecule has 0 amide bonds. The van der Waals surface area contributed by atoms with E-state index in [0.717, 1.165) is 40.1 Å². The Morgan fingerprint density at radius 3 is 2.52 bits per heavy atom. The standard InChI is InChI=1S/C32H36F2N4O5S/c1-20(2)13-14-41-19-38-31(43-26-11-9-23(33)16-25(26)34)36-29(37-38)24-10-7-21(15-27(24)44-6)22-8-12-28(35-17-22)42-18-32(3,4)30(39)40-5/h7-12,15-17,20H,13-14,18-19H2,1-6H3/p+1. The van der Waals surface area contributed by atoms with Crippen molar-refractivity contribution in [1.82, 2.24) is 15.1 Å². The molecule has 4 aromatic rings. The molecule has 0 aliphatic heterocycles. The van der Waals surface area contributed by atoms with E-state index in [2.05, 4.69) is 28.9 Å². The number of benzene rings is 2. The summed E-state index contributed by atoms with van der Waals surface area (Å²) in [6.07, 6.45) is 4.53. The Hall–Kier alpha value is -4.03. The zero-order valence-corrected chi connectivity index (χ0v) is 26.5. The van der Waals surface area contributed by atoms with Crippen molar-refractivity contribution in [2.24, 2.45) is 11.3 Å². The molecule has 2 aromatic carbocycles. The normalized spacial score (nSPS) is 11.6. The third-order valence-corrected chi connectivity index (χ3v) is 7.46. The molecule has 0 saturated heterocycles. The summed E-state index contributed by atoms with van der Waals surface area (Å²) in [4.78, 5) is 21.8. The van der Waals surface area contributed by atoms with Gasteiger partial charge < -0.3 is 18.9 Å². The first kappa shape index (κ1) is 32.9. The molecule has 2 heterocycles. The number of carbonyl (C=O) groups is 1. The van der Waals surface area contributed by atoms with E-state index < -0.39 is 17.0 Å². The number of aromatic amines is 1. The van der Waals surface area contributed by atoms with E-state index in [4.69, 9.17) is 18.9 Å². The smallest absolute Gasteiger partial charge is 0.476 e. The molecule has 0 aliphatic rings. The monoisotopic (exact) mass is 627 g/mol. The largest absolute Gasteiger partial charge is 0.527 e. The molecular formula is C32H37F2N4O5S+. The molecule has 0 unspecified atom stereocenters. The van der Waals surface area contributed by atoms with Crippen LogP contribution in [0.1, 0.15) is 34.1 Å². The molecule has 0 radical (unpaired) electrons. The summed E-state index contributed by atoms with van der Waals surface area (Å²) in [5.74, 6) is -0.702. The van der Waals surface area contributed by atoms with Gasteiger partial charge in [0.25, 0.3) is 5.82 Å². The minimum Gasteiger partial charge on any atom is -0.476 e. The molecule has 44 heavy (non-hydrogen) atoms. The molecule has 1 N–H and O–H groups in total. The summed E-state index contributed by atoms with van der Waals surface area (Å²) >= 11 is 1.53. The zero-order valence-electron chi connectivity index (χ0n) is 25.6. The van der Waals surface area contributed by atoms with Gasteiger partial charge in [-0.15, -0.1) is 11.8 Å². The summed E-state index contributed by atoms with van der Waals surface area (Å²) in [6.45, 7) is 8.46. The highest BCUT2D eigenvalue weighted by Gasteiger charge is 2.30. The number of nitrogens with one attached hydrogen (secondary N) is 1. The number of rotatable bonds is 14. The Bertz CT molecular complexity index is 1580. The number of nitrogens with zero attached hydrogens (tertiary/aromatic N) is 3. The highest BCUT2D eigenvalue weighted by atomic mass is 32.2. The van der Waals surface area contributed by atoms with E-state index in [1.54, 1.807) is 30.8 Å². The molecule has 4 rings (SSSR count). The Morgan fingerprint density at radius 2 is 1.86 bits per heavy atom. The SMILES string of the molecule is COC(=O)C(C)(C)COc1ccc(-c2ccc(-c3nc(Oc4ccc(F)cc4F)[n+](COCCC(C)C)[nH]3)c(SC)c2)cn1. The Morgan fingerprint density at radius 1 is 1.09 bits per heavy atom. The van der Waals surface area contributed by atoms with Crippen molar-refractivity contribution in [1.29, 1.82) is 0 Å². The summed E-state index contributed by atoms with van der Waals surface area (Å²) < 4.78 is 51.5. The second-order valence-corrected chi connectivity index (χ2v) is 12.0. The first-order valence-electron chi connectivity index (χ1n) is 14.1. The number of thioether (sulfide) groups is 1. The van der Waals surface area contributed by atoms with Gasteiger partial charge in [0.05, 0.1) is 24.7 Å². The molecule has 234 valence electrons. The van der Waals surface area contributed by atoms with Crippen LogP contribution in [0.3, 0.4) is 0 Å². The van der Waals surface area contributed by atoms with Gasteiger partial charge >= 0.3 is 12.0 Å². The lowest BCUT2D eigenvalue weighted by Gasteiger charge is -2.21. The maximum atomic E-state index is 14.4. The van der Waals surface area contributed by atoms with Crippen molar-refractivity contribution in [3.8, 4) is 40.2 Å². The zero-order chi connectivity index (χ0) is 31.9. The number of ether oxygens (including phenoxy) is 4. The van der Waals surface area contributed by atoms with Crippen molar-refractivity contribution >= 4 is 17.7 Å². The molecule has 0 aliphatic carbocycles. The number of hydrogen-bond donors (Lipinski definition) is 1. The van der Waals surface area contributed by atoms with Crippen molar-refractivity contribution in [3.63, 3.8) is 0 Å². The van der Waals surface area contributed by atoms with Crippen molar-refractivity contribution in [2.75, 3.05) is 26.6 Å². The second kappa shape index (κ2) is 14.6. The van der Waals surface area contributed by atoms with Crippen LogP contribution in [0.5, 0.6) is 17.6 Å². The number of pyridine rings is 1. The quantitative estimate of drug-likeness (QED) is 0.0704. The molecule has 12 heteroatoms. The molecular weight excluding hydrogens is 590 g/mol. The van der Waals surface area contributed by atoms with E-state index in [0.29, 0.717) is 24.2 Å². The van der Waals surface area contributed by atoms with Gasteiger partial charge in [-0.05, 0) is 68.3 Å². The Balaban J connectivity index is 1.57. The van der Waals surface area contributed by atoms with Crippen LogP contribution < -0.4 is 14.2 Å². The fraction of sp³-hybridized carbons (Fsp3) is 0.375. The first-order valence-corrected chi connectivity index (χ1v) is 15.3. The first-order chi connectivity index (χ1) is 21.0. The minimum atomic E-state index is -0.840. The molecule has 2 aromatic heterocycles. The number of halogens is 2. The highest BCUT2D eigenvalue weighted by Crippen LogP contribution is 2.34. The number of esters is 1. The third-order valence-electron chi connectivity index (χ3n) is 6.68. The lowest BCUT2D eigenvalue weighted by Crippen LogP contribution is -2.38. The molecule has 0 saturated carbocycles. The van der Waals surface area contributed by atoms with Gasteiger partial charge in [-0.25, -0.2) is 13.8 Å². The van der Waals surface area contributed by atoms with Crippen LogP contribution in [0, 0.1) is 23.0 Å². The predicted octanol–water partition coefficient (Wildman–Crippen LogP) is 6.82. The van der Waals surface area contributed by atoms with Gasteiger partial charge in [0, 0.05) is 33.8 Å². The third kappa shape index (κ3) is 8.32. The summed E-state index contributed by atoms with van der Waals surface area (Å²) in [7, 11) is 1.35. The summed E-state index contributed by atoms with van der Waals surface area (Å²) in [5.41, 5.74) is 1.79. The minimum absolute atomic E-state index is 0.0707. The van der Waals surface area contributed by atoms with Crippen LogP contribution in [0.15, 0.2) is 59.6 Å². The molecule has 0 atom stereocenters. The maximum absolute atomic E-state index is 14.4. The van der Waals surface area contributed by atoms with Crippen molar-refractivity contribution in [3.05, 3.63) is 66.4 Å². The lowest BCUT2D eigenvalue weighted by atomic mass is 9.95. The van der Waals surface area contributed by atoms with E-state index in [1.807, 2.05) is 30.5 Å². The Kier molecular flexibility index (Phi) is 10.9. The predicted molar refractivity (Wildman–Crippen MR) is 162 cm³/mol. The highest BCUT2D eigenvalue weighted by molar-refractivity contribution is 7.98. The average Bonchev–Trinajstić information content (AvgIpc) is 3.41. The van der Waals surface area contributed by atoms with Crippen LogP contribution in [0.25, 0.3) is 22.5 Å². The number of H-pyrrole nitrogens is 1. The molecule has 9 nitrogen and oxygen atoms in total. The van der Waals surface area contributed by atoms with E-state index in [1.165, 1.54) is 24.9 Å². The van der Waals surface area contributed by atoms with E-state index >= 15 is 0 Å². The summed E-state index contributed by atoms with van der Waals surface area (Å²) in [5, 5.41) is 3.20. The summed E-state index contributed by atoms with van der Waals surface area (Å²) in [6, 6.07) is 12.7. The molecule has 0 bridgehead atoms. The van der Waals surface area contributed by atoms with Crippen molar-refractivity contribution in [2.45, 2.75) is 45.7 Å². The van der Waals surface area contributed by atoms with Crippen LogP contribution >= 0.6 is 11.8 Å². The number of hydrogen-bond acceptors (Lipinski definition) is 8. The topological polar surface area (TPSA) is 99.4 Å². The maximum Gasteiger partial charge on any atom is 0.527 e. The average molecular weight is 628 g/mol. The van der Waals surface area contributed by atoms with Crippen LogP contribution in [0.4, 0.5) is 8.78 Å². The fourth-order valence-electron chi connectivity index (χ4n) is 4.07. The van der Waals surface area contributed by atoms with E-state index in [9.17, 15) is 13.6 Å². The lowest BCUT2D eigenvalue weighted by molar-refractivity contribution is -0.784. The van der Waals surface area contributed by atoms with Gasteiger partial charge in [-0.1, -0.05) is 24.6 Å². The number of aromatic nitrogens is 4. The van der Waals surface area contributed by atoms with Gasteiger partial charge in [-0.2, -0.15) is 5.10 Å². The van der Waals surface area contributed by atoms with Crippen molar-refractivity contribution < 1.29 is 37.2 Å². The van der Waals surface area contributed by atoms with Gasteiger partial charge in [0.1, 0.15) is 12.4 Å². The Labute approximate surface area is 259 Å². The number of carbonyl (C=O) groups excluding carboxylic acids is 1. The van der Waals surface area contributed by atoms with E-state index in [-0.39, 0.29) is 31.1 Å². The van der Waals surface area contributed by atoms with Gasteiger partial charge in [0.15, 0.2) is 11.6 Å². The second-order valence-electron chi connectivity index (χ2n) is 11.1. The molecule has 0 spiro atoms. The van der Waals surface area contributed by atoms with Crippen LogP contribution in [0.2, 0.25) is 0 Å². The fourth-order valence-corrected chi connectivity index (χ4v) is 4.70. The van der Waals surface area contributed by atoms with Gasteiger partial charge in [-0.3, -0.25) is 4.79 Å². The number of methoxy groups -OCH3 is 1. The molecule has 0 fully saturated rings.